The first-order chi connectivity index (χ1) is 4.34. The van der Waals surface area contributed by atoms with E-state index in [1.54, 1.807) is 10.9 Å². The van der Waals surface area contributed by atoms with Gasteiger partial charge in [-0.2, -0.15) is 0 Å². The fraction of sp³-hybridized carbons (Fsp3) is 0.200. The Kier molecular flexibility index (Phi) is 2.59. The van der Waals surface area contributed by atoms with Gasteiger partial charge in [-0.25, -0.2) is 4.98 Å². The zero-order valence-corrected chi connectivity index (χ0v) is 7.48. The number of nitrogens with zero attached hydrogens (tertiary/aromatic N) is 1. The molecule has 1 aromatic rings. The fourth-order valence-corrected chi connectivity index (χ4v) is 1.37. The molecule has 0 aliphatic rings. The van der Waals surface area contributed by atoms with Crippen LogP contribution in [0.5, 0.6) is 0 Å². The Bertz CT molecular complexity index is 197. The summed E-state index contributed by atoms with van der Waals surface area (Å²) in [6.07, 6.45) is 0. The number of halogens is 1. The van der Waals surface area contributed by atoms with E-state index >= 15 is 0 Å². The van der Waals surface area contributed by atoms with Crippen LogP contribution in [-0.2, 0) is 0 Å². The Labute approximate surface area is 70.4 Å². The van der Waals surface area contributed by atoms with Gasteiger partial charge in [0.25, 0.3) is 0 Å². The molecule has 0 atom stereocenters. The number of carbonyl (C=O) groups excluding carboxylic acids is 1. The Morgan fingerprint density at radius 1 is 1.89 bits per heavy atom. The lowest BCUT2D eigenvalue weighted by Crippen LogP contribution is -1.98. The second kappa shape index (κ2) is 3.26. The van der Waals surface area contributed by atoms with Crippen molar-refractivity contribution in [2.75, 3.05) is 4.43 Å². The second-order valence-corrected chi connectivity index (χ2v) is 2.91. The summed E-state index contributed by atoms with van der Waals surface area (Å²) in [5, 5.41) is 1.76. The van der Waals surface area contributed by atoms with E-state index in [9.17, 15) is 4.79 Å². The lowest BCUT2D eigenvalue weighted by molar-refractivity contribution is 0.102. The molecule has 0 unspecified atom stereocenters. The highest BCUT2D eigenvalue weighted by Crippen LogP contribution is 2.02. The number of hydrogen-bond donors (Lipinski definition) is 0. The van der Waals surface area contributed by atoms with Crippen LogP contribution in [0.2, 0.25) is 0 Å². The Morgan fingerprint density at radius 2 is 2.67 bits per heavy atom. The molecule has 0 N–H and O–H groups in total. The van der Waals surface area contributed by atoms with Crippen molar-refractivity contribution in [3.8, 4) is 0 Å². The van der Waals surface area contributed by atoms with Gasteiger partial charge >= 0.3 is 0 Å². The highest BCUT2D eigenvalue weighted by molar-refractivity contribution is 14.1. The fourth-order valence-electron chi connectivity index (χ4n) is 0.419. The van der Waals surface area contributed by atoms with Crippen molar-refractivity contribution in [2.24, 2.45) is 0 Å². The number of ketones is 1. The molecule has 0 aromatic carbocycles. The molecule has 48 valence electrons. The molecule has 9 heavy (non-hydrogen) atoms. The standard InChI is InChI=1S/C5H4INOS/c6-1-5(8)4-2-9-3-7-4/h2-3H,1H2. The van der Waals surface area contributed by atoms with Crippen LogP contribution in [-0.4, -0.2) is 15.2 Å². The van der Waals surface area contributed by atoms with Gasteiger partial charge in [0.2, 0.25) is 0 Å². The van der Waals surface area contributed by atoms with Crippen molar-refractivity contribution < 1.29 is 4.79 Å². The maximum absolute atomic E-state index is 10.8. The maximum atomic E-state index is 10.8. The van der Waals surface area contributed by atoms with Gasteiger partial charge in [-0.05, 0) is 0 Å². The molecule has 0 fully saturated rings. The van der Waals surface area contributed by atoms with Gasteiger partial charge in [-0.1, -0.05) is 22.6 Å². The molecule has 0 bridgehead atoms. The number of Topliss-reactive ketones (excluding diaryl/α,β-unsaturated/α-hetero) is 1. The summed E-state index contributed by atoms with van der Waals surface area (Å²) in [7, 11) is 0. The first-order valence-electron chi connectivity index (χ1n) is 2.32. The van der Waals surface area contributed by atoms with E-state index in [1.165, 1.54) is 11.3 Å². The lowest BCUT2D eigenvalue weighted by Gasteiger charge is -1.84. The average molecular weight is 253 g/mol. The molecular weight excluding hydrogens is 249 g/mol. The van der Waals surface area contributed by atoms with Crippen LogP contribution in [0.3, 0.4) is 0 Å². The molecular formula is C5H4INOS. The molecule has 0 radical (unpaired) electrons. The zero-order chi connectivity index (χ0) is 6.69. The van der Waals surface area contributed by atoms with E-state index in [2.05, 4.69) is 4.98 Å². The molecule has 1 aromatic heterocycles. The van der Waals surface area contributed by atoms with E-state index in [0.717, 1.165) is 0 Å². The van der Waals surface area contributed by atoms with Gasteiger partial charge in [-0.15, -0.1) is 11.3 Å². The van der Waals surface area contributed by atoms with Crippen LogP contribution in [0.25, 0.3) is 0 Å². The molecule has 0 spiro atoms. The molecule has 1 rings (SSSR count). The summed E-state index contributed by atoms with van der Waals surface area (Å²) in [6.45, 7) is 0. The lowest BCUT2D eigenvalue weighted by atomic mass is 10.4. The van der Waals surface area contributed by atoms with Gasteiger partial charge in [0.05, 0.1) is 9.94 Å². The summed E-state index contributed by atoms with van der Waals surface area (Å²) in [6, 6.07) is 0. The number of thiazole rings is 1. The SMILES string of the molecule is O=C(CI)c1cscn1. The van der Waals surface area contributed by atoms with Crippen molar-refractivity contribution in [1.29, 1.82) is 0 Å². The monoisotopic (exact) mass is 253 g/mol. The Morgan fingerprint density at radius 3 is 3.11 bits per heavy atom. The Balaban J connectivity index is 2.77. The van der Waals surface area contributed by atoms with E-state index < -0.39 is 0 Å². The second-order valence-electron chi connectivity index (χ2n) is 1.43. The highest BCUT2D eigenvalue weighted by Gasteiger charge is 2.03. The molecule has 0 aliphatic carbocycles. The molecule has 0 saturated heterocycles. The summed E-state index contributed by atoms with van der Waals surface area (Å²) in [5.41, 5.74) is 2.26. The molecule has 0 saturated carbocycles. The van der Waals surface area contributed by atoms with E-state index in [0.29, 0.717) is 10.1 Å². The topological polar surface area (TPSA) is 30.0 Å². The van der Waals surface area contributed by atoms with Gasteiger partial charge in [-0.3, -0.25) is 4.79 Å². The van der Waals surface area contributed by atoms with Crippen molar-refractivity contribution in [3.63, 3.8) is 0 Å². The first kappa shape index (κ1) is 7.14. The van der Waals surface area contributed by atoms with Gasteiger partial charge < -0.3 is 0 Å². The summed E-state index contributed by atoms with van der Waals surface area (Å²) in [5.74, 6) is 0.108. The van der Waals surface area contributed by atoms with Crippen LogP contribution in [0, 0.1) is 0 Å². The van der Waals surface area contributed by atoms with E-state index in [1.807, 2.05) is 22.6 Å². The zero-order valence-electron chi connectivity index (χ0n) is 4.50. The summed E-state index contributed by atoms with van der Waals surface area (Å²) < 4.78 is 0.515. The molecule has 0 amide bonds. The van der Waals surface area contributed by atoms with Crippen LogP contribution < -0.4 is 0 Å². The highest BCUT2D eigenvalue weighted by atomic mass is 127. The molecule has 1 heterocycles. The summed E-state index contributed by atoms with van der Waals surface area (Å²) in [4.78, 5) is 14.7. The van der Waals surface area contributed by atoms with Crippen molar-refractivity contribution in [1.82, 2.24) is 4.98 Å². The summed E-state index contributed by atoms with van der Waals surface area (Å²) >= 11 is 3.48. The smallest absolute Gasteiger partial charge is 0.191 e. The predicted octanol–water partition coefficient (Wildman–Crippen LogP) is 1.76. The number of aromatic nitrogens is 1. The third-order valence-electron chi connectivity index (χ3n) is 0.839. The van der Waals surface area contributed by atoms with Gasteiger partial charge in [0.1, 0.15) is 5.69 Å². The van der Waals surface area contributed by atoms with Crippen molar-refractivity contribution >= 4 is 39.7 Å². The molecule has 4 heteroatoms. The predicted molar refractivity (Wildman–Crippen MR) is 45.3 cm³/mol. The number of hydrogen-bond acceptors (Lipinski definition) is 3. The minimum absolute atomic E-state index is 0.108. The third-order valence-corrected chi connectivity index (χ3v) is 2.12. The molecule has 0 aliphatic heterocycles. The van der Waals surface area contributed by atoms with Crippen LogP contribution in [0.1, 0.15) is 10.5 Å². The molecule has 2 nitrogen and oxygen atoms in total. The first-order valence-corrected chi connectivity index (χ1v) is 4.79. The minimum atomic E-state index is 0.108. The van der Waals surface area contributed by atoms with E-state index in [4.69, 9.17) is 0 Å². The number of rotatable bonds is 2. The quantitative estimate of drug-likeness (QED) is 0.456. The van der Waals surface area contributed by atoms with Crippen LogP contribution in [0.4, 0.5) is 0 Å². The van der Waals surface area contributed by atoms with Gasteiger partial charge in [0, 0.05) is 5.38 Å². The van der Waals surface area contributed by atoms with Gasteiger partial charge in [0.15, 0.2) is 5.78 Å². The largest absolute Gasteiger partial charge is 0.292 e. The Hall–Kier alpha value is 0.0300. The van der Waals surface area contributed by atoms with E-state index in [-0.39, 0.29) is 5.78 Å². The maximum Gasteiger partial charge on any atom is 0.191 e. The van der Waals surface area contributed by atoms with Crippen LogP contribution >= 0.6 is 33.9 Å². The average Bonchev–Trinajstić information content (AvgIpc) is 2.37. The number of carbonyl (C=O) groups is 1. The van der Waals surface area contributed by atoms with Crippen molar-refractivity contribution in [2.45, 2.75) is 0 Å². The van der Waals surface area contributed by atoms with Crippen LogP contribution in [0.15, 0.2) is 10.9 Å². The minimum Gasteiger partial charge on any atom is -0.292 e. The third kappa shape index (κ3) is 1.72. The van der Waals surface area contributed by atoms with Crippen molar-refractivity contribution in [3.05, 3.63) is 16.6 Å². The normalized spacial score (nSPS) is 9.44. The number of alkyl halides is 1.